The summed E-state index contributed by atoms with van der Waals surface area (Å²) >= 11 is 0. The standard InChI is InChI=1S/C19H29FN2O3/c1-7-24-13(3)17-14(12(2)15(20)11-16(17)21)9-8-10-22-18(23)25-19(4,5)6/h11H,3,7-10,21H2,1-2,4-6H3,(H,22,23). The lowest BCUT2D eigenvalue weighted by Gasteiger charge is -2.20. The first-order valence-corrected chi connectivity index (χ1v) is 8.43. The number of carbonyl (C=O) groups excluding carboxylic acids is 1. The van der Waals surface area contributed by atoms with E-state index in [1.165, 1.54) is 6.07 Å². The van der Waals surface area contributed by atoms with Crippen molar-refractivity contribution in [3.05, 3.63) is 35.2 Å². The van der Waals surface area contributed by atoms with Gasteiger partial charge in [-0.1, -0.05) is 6.58 Å². The third-order valence-corrected chi connectivity index (χ3v) is 3.55. The van der Waals surface area contributed by atoms with Gasteiger partial charge in [0.05, 0.1) is 6.61 Å². The Hall–Kier alpha value is -2.24. The number of amides is 1. The highest BCUT2D eigenvalue weighted by Gasteiger charge is 2.18. The Labute approximate surface area is 149 Å². The number of alkyl carbamates (subject to hydrolysis) is 1. The van der Waals surface area contributed by atoms with Gasteiger partial charge < -0.3 is 20.5 Å². The fraction of sp³-hybridized carbons (Fsp3) is 0.526. The molecule has 1 aromatic carbocycles. The summed E-state index contributed by atoms with van der Waals surface area (Å²) in [6, 6.07) is 1.29. The van der Waals surface area contributed by atoms with Crippen molar-refractivity contribution in [2.24, 2.45) is 0 Å². The van der Waals surface area contributed by atoms with Gasteiger partial charge in [0.15, 0.2) is 0 Å². The Bertz CT molecular complexity index is 637. The van der Waals surface area contributed by atoms with Gasteiger partial charge in [-0.05, 0) is 64.7 Å². The molecule has 0 aliphatic rings. The van der Waals surface area contributed by atoms with Crippen molar-refractivity contribution in [1.29, 1.82) is 0 Å². The van der Waals surface area contributed by atoms with Crippen LogP contribution in [0.4, 0.5) is 14.9 Å². The van der Waals surface area contributed by atoms with Crippen LogP contribution in [0.2, 0.25) is 0 Å². The zero-order valence-electron chi connectivity index (χ0n) is 15.8. The summed E-state index contributed by atoms with van der Waals surface area (Å²) in [6.45, 7) is 13.7. The number of hydrogen-bond donors (Lipinski definition) is 2. The number of ether oxygens (including phenoxy) is 2. The van der Waals surface area contributed by atoms with Crippen LogP contribution in [0.15, 0.2) is 12.6 Å². The molecule has 25 heavy (non-hydrogen) atoms. The van der Waals surface area contributed by atoms with Crippen LogP contribution in [-0.4, -0.2) is 24.8 Å². The number of nitrogen functional groups attached to an aromatic ring is 1. The molecule has 1 amide bonds. The molecule has 0 spiro atoms. The molecule has 0 aliphatic carbocycles. The lowest BCUT2D eigenvalue weighted by Crippen LogP contribution is -2.33. The third kappa shape index (κ3) is 6.29. The monoisotopic (exact) mass is 352 g/mol. The van der Waals surface area contributed by atoms with Gasteiger partial charge in [-0.15, -0.1) is 0 Å². The highest BCUT2D eigenvalue weighted by molar-refractivity contribution is 5.74. The Balaban J connectivity index is 2.81. The van der Waals surface area contributed by atoms with E-state index in [2.05, 4.69) is 11.9 Å². The number of halogens is 1. The fourth-order valence-electron chi connectivity index (χ4n) is 2.48. The van der Waals surface area contributed by atoms with Crippen molar-refractivity contribution >= 4 is 17.5 Å². The second-order valence-corrected chi connectivity index (χ2v) is 6.81. The van der Waals surface area contributed by atoms with Gasteiger partial charge in [0, 0.05) is 17.8 Å². The quantitative estimate of drug-likeness (QED) is 0.439. The second-order valence-electron chi connectivity index (χ2n) is 6.81. The lowest BCUT2D eigenvalue weighted by molar-refractivity contribution is 0.0527. The molecule has 1 rings (SSSR count). The molecule has 0 radical (unpaired) electrons. The first-order chi connectivity index (χ1) is 11.6. The van der Waals surface area contributed by atoms with Crippen LogP contribution in [0.1, 0.15) is 50.8 Å². The Morgan fingerprint density at radius 2 is 2.04 bits per heavy atom. The molecule has 5 nitrogen and oxygen atoms in total. The predicted octanol–water partition coefficient (Wildman–Crippen LogP) is 4.18. The summed E-state index contributed by atoms with van der Waals surface area (Å²) in [4.78, 5) is 11.7. The van der Waals surface area contributed by atoms with Crippen molar-refractivity contribution in [3.63, 3.8) is 0 Å². The van der Waals surface area contributed by atoms with Crippen LogP contribution < -0.4 is 11.1 Å². The average Bonchev–Trinajstić information content (AvgIpc) is 2.46. The third-order valence-electron chi connectivity index (χ3n) is 3.55. The summed E-state index contributed by atoms with van der Waals surface area (Å²) in [5.41, 5.74) is 7.64. The summed E-state index contributed by atoms with van der Waals surface area (Å²) in [5.74, 6) is 0.0684. The SMILES string of the molecule is C=C(OCC)c1c(N)cc(F)c(C)c1CCCNC(=O)OC(C)(C)C. The number of rotatable bonds is 7. The smallest absolute Gasteiger partial charge is 0.407 e. The normalized spacial score (nSPS) is 11.1. The minimum absolute atomic E-state index is 0.302. The van der Waals surface area contributed by atoms with Crippen molar-refractivity contribution in [1.82, 2.24) is 5.32 Å². The number of hydrogen-bond acceptors (Lipinski definition) is 4. The van der Waals surface area contributed by atoms with E-state index in [1.54, 1.807) is 27.7 Å². The average molecular weight is 352 g/mol. The summed E-state index contributed by atoms with van der Waals surface area (Å²) in [5, 5.41) is 2.69. The Morgan fingerprint density at radius 1 is 1.40 bits per heavy atom. The van der Waals surface area contributed by atoms with E-state index in [9.17, 15) is 9.18 Å². The molecule has 0 bridgehead atoms. The topological polar surface area (TPSA) is 73.6 Å². The van der Waals surface area contributed by atoms with Gasteiger partial charge in [-0.3, -0.25) is 0 Å². The molecule has 0 heterocycles. The number of benzene rings is 1. The summed E-state index contributed by atoms with van der Waals surface area (Å²) in [7, 11) is 0. The number of nitrogens with two attached hydrogens (primary N) is 1. The van der Waals surface area contributed by atoms with E-state index < -0.39 is 11.7 Å². The van der Waals surface area contributed by atoms with Gasteiger partial charge in [0.25, 0.3) is 0 Å². The maximum atomic E-state index is 14.1. The van der Waals surface area contributed by atoms with E-state index in [1.807, 2.05) is 6.92 Å². The van der Waals surface area contributed by atoms with Crippen LogP contribution in [0, 0.1) is 12.7 Å². The molecule has 6 heteroatoms. The van der Waals surface area contributed by atoms with Crippen LogP contribution in [0.25, 0.3) is 5.76 Å². The first-order valence-electron chi connectivity index (χ1n) is 8.43. The molecule has 0 unspecified atom stereocenters. The fourth-order valence-corrected chi connectivity index (χ4v) is 2.48. The number of anilines is 1. The van der Waals surface area contributed by atoms with Gasteiger partial charge >= 0.3 is 6.09 Å². The van der Waals surface area contributed by atoms with Gasteiger partial charge in [-0.25, -0.2) is 9.18 Å². The molecule has 140 valence electrons. The maximum absolute atomic E-state index is 14.1. The highest BCUT2D eigenvalue weighted by atomic mass is 19.1. The largest absolute Gasteiger partial charge is 0.494 e. The molecular formula is C19H29FN2O3. The predicted molar refractivity (Wildman–Crippen MR) is 98.8 cm³/mol. The molecule has 3 N–H and O–H groups in total. The molecule has 1 aromatic rings. The van der Waals surface area contributed by atoms with Gasteiger partial charge in [0.2, 0.25) is 0 Å². The van der Waals surface area contributed by atoms with Gasteiger partial charge in [-0.2, -0.15) is 0 Å². The highest BCUT2D eigenvalue weighted by Crippen LogP contribution is 2.31. The maximum Gasteiger partial charge on any atom is 0.407 e. The zero-order chi connectivity index (χ0) is 19.2. The molecular weight excluding hydrogens is 323 g/mol. The van der Waals surface area contributed by atoms with Crippen LogP contribution in [0.5, 0.6) is 0 Å². The van der Waals surface area contributed by atoms with E-state index >= 15 is 0 Å². The second kappa shape index (κ2) is 8.74. The van der Waals surface area contributed by atoms with Gasteiger partial charge in [0.1, 0.15) is 17.2 Å². The molecule has 0 atom stereocenters. The number of nitrogens with one attached hydrogen (secondary N) is 1. The van der Waals surface area contributed by atoms with E-state index in [0.29, 0.717) is 48.6 Å². The van der Waals surface area contributed by atoms with E-state index in [0.717, 1.165) is 5.56 Å². The summed E-state index contributed by atoms with van der Waals surface area (Å²) in [6.07, 6.45) is 0.669. The van der Waals surface area contributed by atoms with E-state index in [4.69, 9.17) is 15.2 Å². The van der Waals surface area contributed by atoms with Crippen molar-refractivity contribution in [2.45, 2.75) is 53.1 Å². The van der Waals surface area contributed by atoms with Crippen LogP contribution >= 0.6 is 0 Å². The van der Waals surface area contributed by atoms with Crippen LogP contribution in [-0.2, 0) is 15.9 Å². The number of carbonyl (C=O) groups is 1. The first kappa shape index (κ1) is 20.8. The minimum Gasteiger partial charge on any atom is -0.494 e. The van der Waals surface area contributed by atoms with Crippen LogP contribution in [0.3, 0.4) is 0 Å². The molecule has 0 aliphatic heterocycles. The minimum atomic E-state index is -0.542. The summed E-state index contributed by atoms with van der Waals surface area (Å²) < 4.78 is 24.7. The molecule has 0 saturated heterocycles. The van der Waals surface area contributed by atoms with E-state index in [-0.39, 0.29) is 5.82 Å². The Kier molecular flexibility index (Phi) is 7.27. The van der Waals surface area contributed by atoms with Crippen molar-refractivity contribution in [2.75, 3.05) is 18.9 Å². The zero-order valence-corrected chi connectivity index (χ0v) is 15.8. The lowest BCUT2D eigenvalue weighted by atomic mass is 9.94. The van der Waals surface area contributed by atoms with Crippen molar-refractivity contribution < 1.29 is 18.7 Å². The Morgan fingerprint density at radius 3 is 2.60 bits per heavy atom. The molecule has 0 fully saturated rings. The molecule has 0 aromatic heterocycles. The molecule has 0 saturated carbocycles. The van der Waals surface area contributed by atoms with Crippen molar-refractivity contribution in [3.8, 4) is 0 Å².